The molecular weight excluding hydrogens is 404 g/mol. The number of aromatic nitrogens is 2. The maximum absolute atomic E-state index is 5.63. The predicted octanol–water partition coefficient (Wildman–Crippen LogP) is 2.13. The molecule has 1 atom stereocenters. The van der Waals surface area contributed by atoms with Crippen LogP contribution in [0.5, 0.6) is 11.5 Å². The number of fused-ring (bicyclic) bond motifs is 3. The van der Waals surface area contributed by atoms with Crippen LogP contribution < -0.4 is 19.3 Å². The Bertz CT molecular complexity index is 996. The Kier molecular flexibility index (Phi) is 5.59. The highest BCUT2D eigenvalue weighted by Gasteiger charge is 2.35. The number of nitrogens with zero attached hydrogens (tertiary/aromatic N) is 6. The summed E-state index contributed by atoms with van der Waals surface area (Å²) in [6.07, 6.45) is 0. The second-order valence-electron chi connectivity index (χ2n) is 9.21. The molecule has 0 spiro atoms. The Morgan fingerprint density at radius 2 is 1.34 bits per heavy atom. The van der Waals surface area contributed by atoms with E-state index in [1.807, 2.05) is 0 Å². The van der Waals surface area contributed by atoms with Gasteiger partial charge < -0.3 is 29.1 Å². The van der Waals surface area contributed by atoms with Gasteiger partial charge in [0.2, 0.25) is 5.95 Å². The number of benzene rings is 1. The molecule has 2 saturated heterocycles. The van der Waals surface area contributed by atoms with Crippen LogP contribution in [0.15, 0.2) is 12.1 Å². The van der Waals surface area contributed by atoms with Crippen LogP contribution in [-0.4, -0.2) is 100 Å². The standard InChI is InChI=1S/C24H34N6O2/c1-16-17-14-19(31-4)20(32-5)15-18(17)22-21(16)23(29-10-6-27(2)7-11-29)26-24(25-22)30-12-8-28(3)9-13-30/h14-16H,6-13H2,1-5H3. The highest BCUT2D eigenvalue weighted by molar-refractivity contribution is 5.83. The average Bonchev–Trinajstić information content (AvgIpc) is 3.09. The topological polar surface area (TPSA) is 57.2 Å². The zero-order chi connectivity index (χ0) is 22.4. The molecule has 1 aliphatic carbocycles. The molecule has 5 rings (SSSR count). The van der Waals surface area contributed by atoms with Crippen molar-refractivity contribution < 1.29 is 9.47 Å². The quantitative estimate of drug-likeness (QED) is 0.720. The molecule has 8 nitrogen and oxygen atoms in total. The van der Waals surface area contributed by atoms with Crippen molar-refractivity contribution in [1.82, 2.24) is 19.8 Å². The van der Waals surface area contributed by atoms with Crippen molar-refractivity contribution in [1.29, 1.82) is 0 Å². The normalized spacial score (nSPS) is 21.5. The van der Waals surface area contributed by atoms with E-state index < -0.39 is 0 Å². The van der Waals surface area contributed by atoms with Crippen molar-refractivity contribution in [2.24, 2.45) is 0 Å². The first-order chi connectivity index (χ1) is 15.5. The van der Waals surface area contributed by atoms with Crippen LogP contribution in [0.3, 0.4) is 0 Å². The van der Waals surface area contributed by atoms with Crippen LogP contribution in [0.2, 0.25) is 0 Å². The Morgan fingerprint density at radius 1 is 0.781 bits per heavy atom. The molecule has 1 aromatic heterocycles. The fraction of sp³-hybridized carbons (Fsp3) is 0.583. The SMILES string of the molecule is COc1cc2c(cc1OC)C(C)c1c-2nc(N2CCN(C)CC2)nc1N1CCN(C)CC1. The first-order valence-electron chi connectivity index (χ1n) is 11.6. The van der Waals surface area contributed by atoms with Crippen LogP contribution in [0, 0.1) is 0 Å². The second kappa shape index (κ2) is 8.41. The van der Waals surface area contributed by atoms with E-state index in [0.717, 1.165) is 86.9 Å². The van der Waals surface area contributed by atoms with Crippen molar-refractivity contribution in [3.05, 3.63) is 23.3 Å². The van der Waals surface area contributed by atoms with Crippen LogP contribution in [0.1, 0.15) is 24.0 Å². The second-order valence-corrected chi connectivity index (χ2v) is 9.21. The van der Waals surface area contributed by atoms with E-state index in [-0.39, 0.29) is 5.92 Å². The lowest BCUT2D eigenvalue weighted by molar-refractivity contribution is 0.309. The van der Waals surface area contributed by atoms with E-state index in [2.05, 4.69) is 52.8 Å². The zero-order valence-corrected chi connectivity index (χ0v) is 19.9. The van der Waals surface area contributed by atoms with Crippen molar-refractivity contribution in [3.8, 4) is 22.8 Å². The van der Waals surface area contributed by atoms with E-state index in [9.17, 15) is 0 Å². The van der Waals surface area contributed by atoms with Crippen molar-refractivity contribution >= 4 is 11.8 Å². The maximum Gasteiger partial charge on any atom is 0.227 e. The van der Waals surface area contributed by atoms with Crippen LogP contribution in [-0.2, 0) is 0 Å². The van der Waals surface area contributed by atoms with Crippen molar-refractivity contribution in [3.63, 3.8) is 0 Å². The fourth-order valence-electron chi connectivity index (χ4n) is 5.07. The van der Waals surface area contributed by atoms with Gasteiger partial charge in [0.25, 0.3) is 0 Å². The largest absolute Gasteiger partial charge is 0.493 e. The molecular formula is C24H34N6O2. The highest BCUT2D eigenvalue weighted by Crippen LogP contribution is 2.51. The first-order valence-corrected chi connectivity index (χ1v) is 11.6. The number of hydrogen-bond donors (Lipinski definition) is 0. The Balaban J connectivity index is 1.64. The number of ether oxygens (including phenoxy) is 2. The summed E-state index contributed by atoms with van der Waals surface area (Å²) >= 11 is 0. The third-order valence-electron chi connectivity index (χ3n) is 7.21. The van der Waals surface area contributed by atoms with E-state index in [1.54, 1.807) is 14.2 Å². The Morgan fingerprint density at radius 3 is 1.94 bits per heavy atom. The molecule has 8 heteroatoms. The summed E-state index contributed by atoms with van der Waals surface area (Å²) in [5, 5.41) is 0. The third-order valence-corrected chi connectivity index (χ3v) is 7.21. The van der Waals surface area contributed by atoms with Gasteiger partial charge in [-0.25, -0.2) is 4.98 Å². The van der Waals surface area contributed by atoms with E-state index in [0.29, 0.717) is 0 Å². The maximum atomic E-state index is 5.63. The molecule has 0 N–H and O–H groups in total. The van der Waals surface area contributed by atoms with Crippen LogP contribution in [0.4, 0.5) is 11.8 Å². The molecule has 0 saturated carbocycles. The third kappa shape index (κ3) is 3.55. The van der Waals surface area contributed by atoms with Gasteiger partial charge in [0.05, 0.1) is 19.9 Å². The van der Waals surface area contributed by atoms with Crippen LogP contribution in [0.25, 0.3) is 11.3 Å². The molecule has 2 fully saturated rings. The number of rotatable bonds is 4. The van der Waals surface area contributed by atoms with Gasteiger partial charge in [-0.3, -0.25) is 0 Å². The van der Waals surface area contributed by atoms with Gasteiger partial charge >= 0.3 is 0 Å². The van der Waals surface area contributed by atoms with Gasteiger partial charge in [0.15, 0.2) is 11.5 Å². The first kappa shape index (κ1) is 21.3. The number of methoxy groups -OCH3 is 2. The summed E-state index contributed by atoms with van der Waals surface area (Å²) in [6, 6.07) is 4.20. The van der Waals surface area contributed by atoms with Gasteiger partial charge in [-0.1, -0.05) is 6.92 Å². The lowest BCUT2D eigenvalue weighted by Gasteiger charge is -2.36. The van der Waals surface area contributed by atoms with Gasteiger partial charge in [-0.2, -0.15) is 4.98 Å². The summed E-state index contributed by atoms with van der Waals surface area (Å²) in [7, 11) is 7.75. The zero-order valence-electron chi connectivity index (χ0n) is 19.9. The molecule has 172 valence electrons. The molecule has 1 aromatic carbocycles. The number of likely N-dealkylation sites (N-methyl/N-ethyl adjacent to an activating group) is 2. The summed E-state index contributed by atoms with van der Waals surface area (Å²) in [5.41, 5.74) is 4.65. The Labute approximate surface area is 190 Å². The molecule has 0 bridgehead atoms. The number of hydrogen-bond acceptors (Lipinski definition) is 8. The highest BCUT2D eigenvalue weighted by atomic mass is 16.5. The van der Waals surface area contributed by atoms with Crippen molar-refractivity contribution in [2.75, 3.05) is 90.5 Å². The molecule has 2 aromatic rings. The van der Waals surface area contributed by atoms with E-state index >= 15 is 0 Å². The number of piperazine rings is 2. The number of anilines is 2. The molecule has 3 aliphatic rings. The van der Waals surface area contributed by atoms with Gasteiger partial charge in [-0.05, 0) is 31.8 Å². The van der Waals surface area contributed by atoms with Gasteiger partial charge in [0.1, 0.15) is 5.82 Å². The molecule has 0 amide bonds. The molecule has 0 radical (unpaired) electrons. The average molecular weight is 439 g/mol. The molecule has 2 aliphatic heterocycles. The lowest BCUT2D eigenvalue weighted by Crippen LogP contribution is -2.46. The van der Waals surface area contributed by atoms with Gasteiger partial charge in [0, 0.05) is 69.4 Å². The fourth-order valence-corrected chi connectivity index (χ4v) is 5.07. The van der Waals surface area contributed by atoms with Gasteiger partial charge in [-0.15, -0.1) is 0 Å². The van der Waals surface area contributed by atoms with Crippen molar-refractivity contribution in [2.45, 2.75) is 12.8 Å². The van der Waals surface area contributed by atoms with E-state index in [4.69, 9.17) is 19.4 Å². The summed E-state index contributed by atoms with van der Waals surface area (Å²) in [4.78, 5) is 19.9. The minimum atomic E-state index is 0.205. The minimum absolute atomic E-state index is 0.205. The van der Waals surface area contributed by atoms with Crippen LogP contribution >= 0.6 is 0 Å². The minimum Gasteiger partial charge on any atom is -0.493 e. The predicted molar refractivity (Wildman–Crippen MR) is 128 cm³/mol. The molecule has 3 heterocycles. The molecule has 32 heavy (non-hydrogen) atoms. The van der Waals surface area contributed by atoms with E-state index in [1.165, 1.54) is 11.1 Å². The summed E-state index contributed by atoms with van der Waals surface area (Å²) in [5.74, 6) is 3.65. The molecule has 1 unspecified atom stereocenters. The summed E-state index contributed by atoms with van der Waals surface area (Å²) in [6.45, 7) is 10.3. The smallest absolute Gasteiger partial charge is 0.227 e. The Hall–Kier alpha value is -2.58. The monoisotopic (exact) mass is 438 g/mol. The lowest BCUT2D eigenvalue weighted by atomic mass is 9.99. The summed E-state index contributed by atoms with van der Waals surface area (Å²) < 4.78 is 11.2.